The van der Waals surface area contributed by atoms with Gasteiger partial charge in [0.1, 0.15) is 0 Å². The van der Waals surface area contributed by atoms with E-state index in [1.165, 1.54) is 5.56 Å². The highest BCUT2D eigenvalue weighted by Gasteiger charge is 2.24. The minimum absolute atomic E-state index is 0.142. The minimum atomic E-state index is -0.756. The van der Waals surface area contributed by atoms with Crippen molar-refractivity contribution in [1.29, 1.82) is 0 Å². The van der Waals surface area contributed by atoms with Crippen LogP contribution in [0.4, 0.5) is 0 Å². The topological polar surface area (TPSA) is 57.5 Å². The van der Waals surface area contributed by atoms with Gasteiger partial charge < -0.3 is 10.2 Å². The van der Waals surface area contributed by atoms with Gasteiger partial charge in [-0.3, -0.25) is 4.79 Å². The predicted molar refractivity (Wildman–Crippen MR) is 69.5 cm³/mol. The van der Waals surface area contributed by atoms with Crippen LogP contribution < -0.4 is 0 Å². The van der Waals surface area contributed by atoms with Crippen LogP contribution in [0.15, 0.2) is 24.3 Å². The Morgan fingerprint density at radius 1 is 1.17 bits per heavy atom. The number of aliphatic carboxylic acids is 1. The minimum Gasteiger partial charge on any atom is -0.481 e. The van der Waals surface area contributed by atoms with Gasteiger partial charge in [-0.1, -0.05) is 30.7 Å². The summed E-state index contributed by atoms with van der Waals surface area (Å²) in [6, 6.07) is 8.11. The molecule has 0 saturated heterocycles. The smallest absolute Gasteiger partial charge is 0.303 e. The van der Waals surface area contributed by atoms with E-state index in [0.29, 0.717) is 12.3 Å². The molecule has 18 heavy (non-hydrogen) atoms. The summed E-state index contributed by atoms with van der Waals surface area (Å²) in [4.78, 5) is 10.5. The maximum absolute atomic E-state index is 10.5. The van der Waals surface area contributed by atoms with Gasteiger partial charge >= 0.3 is 5.97 Å². The molecule has 0 heterocycles. The second-order valence-electron chi connectivity index (χ2n) is 5.17. The molecule has 0 radical (unpaired) electrons. The van der Waals surface area contributed by atoms with Gasteiger partial charge in [-0.05, 0) is 42.7 Å². The molecule has 2 rings (SSSR count). The van der Waals surface area contributed by atoms with E-state index in [1.807, 2.05) is 12.1 Å². The molecule has 0 amide bonds. The lowest BCUT2D eigenvalue weighted by Gasteiger charge is -2.14. The Morgan fingerprint density at radius 2 is 1.83 bits per heavy atom. The molecule has 0 bridgehead atoms. The van der Waals surface area contributed by atoms with E-state index in [0.717, 1.165) is 31.2 Å². The summed E-state index contributed by atoms with van der Waals surface area (Å²) < 4.78 is 0. The van der Waals surface area contributed by atoms with Crippen molar-refractivity contribution >= 4 is 5.97 Å². The molecule has 0 aromatic heterocycles. The zero-order chi connectivity index (χ0) is 13.0. The summed E-state index contributed by atoms with van der Waals surface area (Å²) in [6.07, 6.45) is 4.73. The molecule has 1 fully saturated rings. The molecule has 2 atom stereocenters. The van der Waals surface area contributed by atoms with Gasteiger partial charge in [0.05, 0.1) is 6.10 Å². The number of hydrogen-bond acceptors (Lipinski definition) is 2. The van der Waals surface area contributed by atoms with Gasteiger partial charge in [-0.15, -0.1) is 0 Å². The van der Waals surface area contributed by atoms with Crippen molar-refractivity contribution in [2.24, 2.45) is 5.92 Å². The Bertz CT molecular complexity index is 397. The molecule has 2 unspecified atom stereocenters. The van der Waals surface area contributed by atoms with Crippen LogP contribution in [0.3, 0.4) is 0 Å². The highest BCUT2D eigenvalue weighted by molar-refractivity contribution is 5.67. The predicted octanol–water partition coefficient (Wildman–Crippen LogP) is 2.41. The second-order valence-corrected chi connectivity index (χ2v) is 5.17. The first kappa shape index (κ1) is 13.1. The molecule has 2 N–H and O–H groups in total. The molecular formula is C15H20O3. The monoisotopic (exact) mass is 248 g/mol. The molecule has 3 heteroatoms. The van der Waals surface area contributed by atoms with E-state index in [4.69, 9.17) is 5.11 Å². The van der Waals surface area contributed by atoms with Crippen LogP contribution >= 0.6 is 0 Å². The molecule has 98 valence electrons. The zero-order valence-electron chi connectivity index (χ0n) is 10.5. The van der Waals surface area contributed by atoms with Gasteiger partial charge in [-0.2, -0.15) is 0 Å². The second kappa shape index (κ2) is 6.01. The third-order valence-corrected chi connectivity index (χ3v) is 3.77. The molecule has 1 aromatic carbocycles. The fourth-order valence-corrected chi connectivity index (χ4v) is 2.65. The number of rotatable bonds is 5. The number of carbonyl (C=O) groups is 1. The molecule has 1 aliphatic carbocycles. The number of aryl methyl sites for hydroxylation is 1. The highest BCUT2D eigenvalue weighted by Crippen LogP contribution is 2.28. The summed E-state index contributed by atoms with van der Waals surface area (Å²) in [5, 5.41) is 18.4. The number of aliphatic hydroxyl groups excluding tert-OH is 1. The third kappa shape index (κ3) is 3.57. The Balaban J connectivity index is 1.89. The summed E-state index contributed by atoms with van der Waals surface area (Å²) in [5.41, 5.74) is 2.30. The molecule has 3 nitrogen and oxygen atoms in total. The first-order valence-electron chi connectivity index (χ1n) is 6.63. The summed E-state index contributed by atoms with van der Waals surface area (Å²) in [6.45, 7) is 0. The fraction of sp³-hybridized carbons (Fsp3) is 0.533. The number of aliphatic hydroxyl groups is 1. The Morgan fingerprint density at radius 3 is 2.39 bits per heavy atom. The maximum atomic E-state index is 10.5. The van der Waals surface area contributed by atoms with Crippen molar-refractivity contribution in [2.45, 2.75) is 44.6 Å². The van der Waals surface area contributed by atoms with Crippen LogP contribution in [-0.2, 0) is 17.6 Å². The van der Waals surface area contributed by atoms with Gasteiger partial charge in [0.25, 0.3) is 0 Å². The van der Waals surface area contributed by atoms with Gasteiger partial charge in [-0.25, -0.2) is 0 Å². The lowest BCUT2D eigenvalue weighted by Crippen LogP contribution is -2.15. The first-order valence-corrected chi connectivity index (χ1v) is 6.63. The quantitative estimate of drug-likeness (QED) is 0.841. The SMILES string of the molecule is O=C(O)CCc1ccc(CC2CCCC2O)cc1. The van der Waals surface area contributed by atoms with Crippen LogP contribution in [-0.4, -0.2) is 22.3 Å². The van der Waals surface area contributed by atoms with Crippen LogP contribution in [0.1, 0.15) is 36.8 Å². The van der Waals surface area contributed by atoms with Crippen molar-refractivity contribution in [3.05, 3.63) is 35.4 Å². The van der Waals surface area contributed by atoms with E-state index in [2.05, 4.69) is 12.1 Å². The Kier molecular flexibility index (Phi) is 4.37. The lowest BCUT2D eigenvalue weighted by molar-refractivity contribution is -0.136. The number of hydrogen-bond donors (Lipinski definition) is 2. The Hall–Kier alpha value is -1.35. The number of carboxylic acid groups (broad SMARTS) is 1. The largest absolute Gasteiger partial charge is 0.481 e. The number of carboxylic acids is 1. The van der Waals surface area contributed by atoms with E-state index < -0.39 is 5.97 Å². The van der Waals surface area contributed by atoms with E-state index in [9.17, 15) is 9.90 Å². The average Bonchev–Trinajstić information content (AvgIpc) is 2.74. The molecule has 1 saturated carbocycles. The fourth-order valence-electron chi connectivity index (χ4n) is 2.65. The van der Waals surface area contributed by atoms with Crippen molar-refractivity contribution in [3.8, 4) is 0 Å². The summed E-state index contributed by atoms with van der Waals surface area (Å²) in [7, 11) is 0. The van der Waals surface area contributed by atoms with Gasteiger partial charge in [0.2, 0.25) is 0 Å². The molecule has 1 aliphatic rings. The first-order chi connectivity index (χ1) is 8.65. The third-order valence-electron chi connectivity index (χ3n) is 3.77. The normalized spacial score (nSPS) is 23.2. The summed E-state index contributed by atoms with van der Waals surface area (Å²) >= 11 is 0. The molecule has 0 spiro atoms. The van der Waals surface area contributed by atoms with Crippen molar-refractivity contribution in [1.82, 2.24) is 0 Å². The zero-order valence-corrected chi connectivity index (χ0v) is 10.5. The molecular weight excluding hydrogens is 228 g/mol. The molecule has 0 aliphatic heterocycles. The van der Waals surface area contributed by atoms with Crippen molar-refractivity contribution in [3.63, 3.8) is 0 Å². The molecule has 1 aromatic rings. The van der Waals surface area contributed by atoms with Crippen LogP contribution in [0.2, 0.25) is 0 Å². The van der Waals surface area contributed by atoms with Crippen LogP contribution in [0, 0.1) is 5.92 Å². The number of benzene rings is 1. The Labute approximate surface area is 107 Å². The highest BCUT2D eigenvalue weighted by atomic mass is 16.4. The standard InChI is InChI=1S/C15H20O3/c16-14-3-1-2-13(14)10-12-6-4-11(5-7-12)8-9-15(17)18/h4-7,13-14,16H,1-3,8-10H2,(H,17,18). The maximum Gasteiger partial charge on any atom is 0.303 e. The van der Waals surface area contributed by atoms with E-state index in [1.54, 1.807) is 0 Å². The van der Waals surface area contributed by atoms with Crippen LogP contribution in [0.5, 0.6) is 0 Å². The lowest BCUT2D eigenvalue weighted by atomic mass is 9.95. The van der Waals surface area contributed by atoms with Gasteiger partial charge in [0, 0.05) is 6.42 Å². The average molecular weight is 248 g/mol. The van der Waals surface area contributed by atoms with Crippen LogP contribution in [0.25, 0.3) is 0 Å². The van der Waals surface area contributed by atoms with Crippen molar-refractivity contribution < 1.29 is 15.0 Å². The van der Waals surface area contributed by atoms with E-state index >= 15 is 0 Å². The van der Waals surface area contributed by atoms with Gasteiger partial charge in [0.15, 0.2) is 0 Å². The summed E-state index contributed by atoms with van der Waals surface area (Å²) in [5.74, 6) is -0.358. The van der Waals surface area contributed by atoms with E-state index in [-0.39, 0.29) is 12.5 Å². The van der Waals surface area contributed by atoms with Crippen molar-refractivity contribution in [2.75, 3.05) is 0 Å².